The summed E-state index contributed by atoms with van der Waals surface area (Å²) in [6, 6.07) is 2.17. The van der Waals surface area contributed by atoms with Crippen molar-refractivity contribution in [2.75, 3.05) is 0 Å². The smallest absolute Gasteiger partial charge is 0.0601 e. The van der Waals surface area contributed by atoms with E-state index in [1.165, 1.54) is 51.4 Å². The van der Waals surface area contributed by atoms with E-state index >= 15 is 0 Å². The summed E-state index contributed by atoms with van der Waals surface area (Å²) in [5, 5.41) is 12.7. The Hall–Kier alpha value is -0.570. The van der Waals surface area contributed by atoms with E-state index in [0.29, 0.717) is 12.1 Å². The highest BCUT2D eigenvalue weighted by molar-refractivity contribution is 5.86. The van der Waals surface area contributed by atoms with Crippen molar-refractivity contribution in [1.82, 2.24) is 4.90 Å². The van der Waals surface area contributed by atoms with Crippen molar-refractivity contribution in [1.29, 1.82) is 0 Å². The van der Waals surface area contributed by atoms with Crippen LogP contribution in [0.25, 0.3) is 0 Å². The zero-order valence-corrected chi connectivity index (χ0v) is 13.4. The third-order valence-electron chi connectivity index (χ3n) is 6.77. The van der Waals surface area contributed by atoms with E-state index in [9.17, 15) is 5.21 Å². The second kappa shape index (κ2) is 5.57. The van der Waals surface area contributed by atoms with E-state index in [1.807, 2.05) is 0 Å². The van der Waals surface area contributed by atoms with Crippen LogP contribution in [0.5, 0.6) is 0 Å². The molecule has 4 aliphatic rings. The van der Waals surface area contributed by atoms with Crippen LogP contribution in [-0.2, 0) is 0 Å². The second-order valence-corrected chi connectivity index (χ2v) is 8.43. The molecular formula is C18H30N2O. The van der Waals surface area contributed by atoms with Gasteiger partial charge in [-0.1, -0.05) is 18.5 Å². The van der Waals surface area contributed by atoms with Gasteiger partial charge in [-0.25, -0.2) is 0 Å². The largest absolute Gasteiger partial charge is 0.411 e. The van der Waals surface area contributed by atoms with Crippen LogP contribution < -0.4 is 0 Å². The molecule has 2 heterocycles. The summed E-state index contributed by atoms with van der Waals surface area (Å²) >= 11 is 0. The zero-order chi connectivity index (χ0) is 14.4. The number of nitrogens with zero attached hydrogens (tertiary/aromatic N) is 2. The first-order valence-electron chi connectivity index (χ1n) is 9.20. The number of piperidine rings is 2. The van der Waals surface area contributed by atoms with Crippen molar-refractivity contribution >= 4 is 5.71 Å². The third-order valence-corrected chi connectivity index (χ3v) is 6.77. The zero-order valence-electron chi connectivity index (χ0n) is 13.4. The van der Waals surface area contributed by atoms with Crippen molar-refractivity contribution in [3.05, 3.63) is 0 Å². The number of fused-ring (bicyclic) bond motifs is 4. The van der Waals surface area contributed by atoms with Crippen LogP contribution >= 0.6 is 0 Å². The summed E-state index contributed by atoms with van der Waals surface area (Å²) in [6.07, 6.45) is 13.4. The number of hydrogen-bond donors (Lipinski definition) is 1. The first-order valence-corrected chi connectivity index (χ1v) is 9.20. The van der Waals surface area contributed by atoms with Gasteiger partial charge in [0.25, 0.3) is 0 Å². The summed E-state index contributed by atoms with van der Waals surface area (Å²) in [7, 11) is 0. The summed E-state index contributed by atoms with van der Waals surface area (Å²) in [5.74, 6) is 2.95. The Labute approximate surface area is 128 Å². The fourth-order valence-corrected chi connectivity index (χ4v) is 6.30. The molecule has 3 heteroatoms. The van der Waals surface area contributed by atoms with Gasteiger partial charge < -0.3 is 5.21 Å². The molecule has 1 N–H and O–H groups in total. The topological polar surface area (TPSA) is 35.8 Å². The van der Waals surface area contributed by atoms with Crippen LogP contribution in [0.3, 0.4) is 0 Å². The predicted octanol–water partition coefficient (Wildman–Crippen LogP) is 4.05. The van der Waals surface area contributed by atoms with Gasteiger partial charge in [0.1, 0.15) is 0 Å². The van der Waals surface area contributed by atoms with Gasteiger partial charge in [-0.3, -0.25) is 4.90 Å². The average Bonchev–Trinajstić information content (AvgIpc) is 2.44. The van der Waals surface area contributed by atoms with E-state index in [1.54, 1.807) is 0 Å². The van der Waals surface area contributed by atoms with Crippen LogP contribution in [-0.4, -0.2) is 33.9 Å². The molecule has 0 unspecified atom stereocenters. The Morgan fingerprint density at radius 1 is 0.905 bits per heavy atom. The molecule has 3 nitrogen and oxygen atoms in total. The second-order valence-electron chi connectivity index (χ2n) is 8.43. The minimum absolute atomic E-state index is 0.671. The third kappa shape index (κ3) is 2.62. The lowest BCUT2D eigenvalue weighted by atomic mass is 9.65. The SMILES string of the molecule is C[C@@H]1C[C@@H]2C[C@H](C1)C[C@@H](N1[C@@H]3CCC[C@H]1C/C(=N/O)C3)C2. The van der Waals surface area contributed by atoms with E-state index in [0.717, 1.165) is 42.3 Å². The Balaban J connectivity index is 1.51. The van der Waals surface area contributed by atoms with Gasteiger partial charge in [-0.2, -0.15) is 0 Å². The summed E-state index contributed by atoms with van der Waals surface area (Å²) in [6.45, 7) is 2.46. The summed E-state index contributed by atoms with van der Waals surface area (Å²) < 4.78 is 0. The highest BCUT2D eigenvalue weighted by Gasteiger charge is 2.44. The Bertz CT molecular complexity index is 387. The van der Waals surface area contributed by atoms with Crippen molar-refractivity contribution in [3.63, 3.8) is 0 Å². The minimum Gasteiger partial charge on any atom is -0.411 e. The van der Waals surface area contributed by atoms with Crippen LogP contribution in [0.4, 0.5) is 0 Å². The predicted molar refractivity (Wildman–Crippen MR) is 84.7 cm³/mol. The molecule has 4 fully saturated rings. The van der Waals surface area contributed by atoms with Crippen molar-refractivity contribution in [3.8, 4) is 0 Å². The highest BCUT2D eigenvalue weighted by atomic mass is 16.4. The molecule has 0 aromatic heterocycles. The van der Waals surface area contributed by atoms with Crippen LogP contribution in [0, 0.1) is 17.8 Å². The molecule has 2 saturated heterocycles. The van der Waals surface area contributed by atoms with Crippen LogP contribution in [0.2, 0.25) is 0 Å². The van der Waals surface area contributed by atoms with Crippen molar-refractivity contribution < 1.29 is 5.21 Å². The fraction of sp³-hybridized carbons (Fsp3) is 0.944. The lowest BCUT2D eigenvalue weighted by Crippen LogP contribution is -2.58. The maximum atomic E-state index is 9.17. The van der Waals surface area contributed by atoms with E-state index < -0.39 is 0 Å². The first-order chi connectivity index (χ1) is 10.2. The molecule has 2 aliphatic carbocycles. The van der Waals surface area contributed by atoms with Gasteiger partial charge in [0.05, 0.1) is 5.71 Å². The first kappa shape index (κ1) is 14.0. The molecular weight excluding hydrogens is 260 g/mol. The van der Waals surface area contributed by atoms with Crippen LogP contribution in [0.1, 0.15) is 71.1 Å². The van der Waals surface area contributed by atoms with Gasteiger partial charge in [-0.05, 0) is 62.7 Å². The minimum atomic E-state index is 0.671. The van der Waals surface area contributed by atoms with Gasteiger partial charge in [-0.15, -0.1) is 0 Å². The van der Waals surface area contributed by atoms with Crippen molar-refractivity contribution in [2.45, 2.75) is 89.3 Å². The van der Waals surface area contributed by atoms with Gasteiger partial charge >= 0.3 is 0 Å². The molecule has 2 saturated carbocycles. The van der Waals surface area contributed by atoms with E-state index in [4.69, 9.17) is 0 Å². The number of hydrogen-bond acceptors (Lipinski definition) is 3. The van der Waals surface area contributed by atoms with Gasteiger partial charge in [0.2, 0.25) is 0 Å². The normalized spacial score (nSPS) is 49.3. The van der Waals surface area contributed by atoms with E-state index in [-0.39, 0.29) is 0 Å². The Kier molecular flexibility index (Phi) is 3.72. The molecule has 0 spiro atoms. The molecule has 21 heavy (non-hydrogen) atoms. The summed E-state index contributed by atoms with van der Waals surface area (Å²) in [4.78, 5) is 2.90. The molecule has 0 amide bonds. The molecule has 0 radical (unpaired) electrons. The number of oxime groups is 1. The van der Waals surface area contributed by atoms with Gasteiger partial charge in [0.15, 0.2) is 0 Å². The lowest BCUT2D eigenvalue weighted by Gasteiger charge is -2.54. The molecule has 0 aromatic carbocycles. The standard InChI is InChI=1S/C18H30N2O/c1-12-5-13-7-14(6-12)9-18(8-13)20-16-3-2-4-17(20)11-15(10-16)19-21/h12-14,16-18,21H,2-11H2,1H3/b19-15-/t12-,13-,14+,16-,17+,18+/m0/s1. The summed E-state index contributed by atoms with van der Waals surface area (Å²) in [5.41, 5.74) is 1.06. The monoisotopic (exact) mass is 290 g/mol. The molecule has 2 aliphatic heterocycles. The average molecular weight is 290 g/mol. The maximum Gasteiger partial charge on any atom is 0.0601 e. The molecule has 4 bridgehead atoms. The van der Waals surface area contributed by atoms with Gasteiger partial charge in [0, 0.05) is 31.0 Å². The quantitative estimate of drug-likeness (QED) is 0.584. The molecule has 0 aromatic rings. The maximum absolute atomic E-state index is 9.17. The Morgan fingerprint density at radius 2 is 1.52 bits per heavy atom. The molecule has 4 rings (SSSR count). The van der Waals surface area contributed by atoms with Crippen LogP contribution in [0.15, 0.2) is 5.16 Å². The fourth-order valence-electron chi connectivity index (χ4n) is 6.30. The van der Waals surface area contributed by atoms with E-state index in [2.05, 4.69) is 17.0 Å². The Morgan fingerprint density at radius 3 is 2.10 bits per heavy atom. The highest BCUT2D eigenvalue weighted by Crippen LogP contribution is 2.46. The molecule has 6 atom stereocenters. The lowest BCUT2D eigenvalue weighted by molar-refractivity contribution is -0.0212. The number of rotatable bonds is 1. The van der Waals surface area contributed by atoms with Crippen molar-refractivity contribution in [2.24, 2.45) is 22.9 Å². The molecule has 118 valence electrons.